The molecule has 2 rings (SSSR count). The SMILES string of the molecule is Cc1c(Cl)nc2ncnn2c1NC(C)CC(C)C. The third-order valence-corrected chi connectivity index (χ3v) is 3.18. The van der Waals surface area contributed by atoms with E-state index in [-0.39, 0.29) is 0 Å². The highest BCUT2D eigenvalue weighted by Gasteiger charge is 2.14. The summed E-state index contributed by atoms with van der Waals surface area (Å²) in [5.41, 5.74) is 0.894. The van der Waals surface area contributed by atoms with Crippen molar-refractivity contribution in [1.29, 1.82) is 0 Å². The van der Waals surface area contributed by atoms with Crippen LogP contribution in [-0.4, -0.2) is 25.6 Å². The van der Waals surface area contributed by atoms with E-state index in [1.807, 2.05) is 6.92 Å². The first-order chi connectivity index (χ1) is 8.49. The van der Waals surface area contributed by atoms with Gasteiger partial charge in [0.25, 0.3) is 5.78 Å². The number of anilines is 1. The monoisotopic (exact) mass is 267 g/mol. The van der Waals surface area contributed by atoms with Crippen molar-refractivity contribution < 1.29 is 0 Å². The smallest absolute Gasteiger partial charge is 0.255 e. The van der Waals surface area contributed by atoms with Crippen molar-refractivity contribution in [2.75, 3.05) is 5.32 Å². The molecule has 2 aromatic heterocycles. The Labute approximate surface area is 112 Å². The van der Waals surface area contributed by atoms with Crippen LogP contribution in [0.1, 0.15) is 32.8 Å². The Balaban J connectivity index is 2.36. The van der Waals surface area contributed by atoms with Crippen LogP contribution in [0.5, 0.6) is 0 Å². The van der Waals surface area contributed by atoms with Crippen LogP contribution >= 0.6 is 11.6 Å². The summed E-state index contributed by atoms with van der Waals surface area (Å²) in [7, 11) is 0. The average Bonchev–Trinajstić information content (AvgIpc) is 2.71. The molecule has 0 aliphatic heterocycles. The molecule has 6 heteroatoms. The van der Waals surface area contributed by atoms with Crippen LogP contribution in [0.4, 0.5) is 5.82 Å². The number of halogens is 1. The number of fused-ring (bicyclic) bond motifs is 1. The predicted molar refractivity (Wildman–Crippen MR) is 73.1 cm³/mol. The zero-order chi connectivity index (χ0) is 13.3. The summed E-state index contributed by atoms with van der Waals surface area (Å²) in [4.78, 5) is 8.24. The van der Waals surface area contributed by atoms with Crippen LogP contribution in [0.25, 0.3) is 5.78 Å². The summed E-state index contributed by atoms with van der Waals surface area (Å²) in [6.45, 7) is 8.49. The molecule has 0 saturated heterocycles. The van der Waals surface area contributed by atoms with Crippen LogP contribution in [0, 0.1) is 12.8 Å². The molecule has 5 nitrogen and oxygen atoms in total. The molecule has 0 spiro atoms. The Morgan fingerprint density at radius 2 is 2.11 bits per heavy atom. The van der Waals surface area contributed by atoms with E-state index >= 15 is 0 Å². The zero-order valence-electron chi connectivity index (χ0n) is 11.1. The third-order valence-electron chi connectivity index (χ3n) is 2.81. The van der Waals surface area contributed by atoms with E-state index < -0.39 is 0 Å². The number of rotatable bonds is 4. The van der Waals surface area contributed by atoms with Crippen LogP contribution < -0.4 is 5.32 Å². The van der Waals surface area contributed by atoms with E-state index in [9.17, 15) is 0 Å². The highest BCUT2D eigenvalue weighted by molar-refractivity contribution is 6.30. The molecular formula is C12H18ClN5. The molecule has 1 unspecified atom stereocenters. The maximum atomic E-state index is 6.11. The van der Waals surface area contributed by atoms with E-state index in [0.717, 1.165) is 17.8 Å². The fourth-order valence-corrected chi connectivity index (χ4v) is 2.23. The Hall–Kier alpha value is -1.36. The first kappa shape index (κ1) is 13.1. The topological polar surface area (TPSA) is 55.1 Å². The molecular weight excluding hydrogens is 250 g/mol. The minimum Gasteiger partial charge on any atom is -0.367 e. The summed E-state index contributed by atoms with van der Waals surface area (Å²) in [5.74, 6) is 2.02. The lowest BCUT2D eigenvalue weighted by Crippen LogP contribution is -2.20. The molecule has 0 bridgehead atoms. The summed E-state index contributed by atoms with van der Waals surface area (Å²) in [6.07, 6.45) is 2.56. The second kappa shape index (κ2) is 5.10. The quantitative estimate of drug-likeness (QED) is 0.866. The molecule has 2 heterocycles. The van der Waals surface area contributed by atoms with Crippen molar-refractivity contribution in [1.82, 2.24) is 19.6 Å². The molecule has 0 radical (unpaired) electrons. The lowest BCUT2D eigenvalue weighted by Gasteiger charge is -2.19. The van der Waals surface area contributed by atoms with Crippen molar-refractivity contribution in [3.8, 4) is 0 Å². The van der Waals surface area contributed by atoms with Crippen molar-refractivity contribution in [2.24, 2.45) is 5.92 Å². The normalized spacial score (nSPS) is 13.2. The number of nitrogens with one attached hydrogen (secondary N) is 1. The highest BCUT2D eigenvalue weighted by Crippen LogP contribution is 2.23. The van der Waals surface area contributed by atoms with Crippen LogP contribution in [-0.2, 0) is 0 Å². The van der Waals surface area contributed by atoms with E-state index in [2.05, 4.69) is 41.2 Å². The minimum absolute atomic E-state index is 0.342. The van der Waals surface area contributed by atoms with Gasteiger partial charge in [0, 0.05) is 11.6 Å². The Kier molecular flexibility index (Phi) is 3.71. The molecule has 18 heavy (non-hydrogen) atoms. The lowest BCUT2D eigenvalue weighted by molar-refractivity contribution is 0.537. The van der Waals surface area contributed by atoms with Crippen molar-refractivity contribution in [2.45, 2.75) is 40.2 Å². The van der Waals surface area contributed by atoms with Gasteiger partial charge < -0.3 is 5.32 Å². The second-order valence-corrected chi connectivity index (χ2v) is 5.38. The first-order valence-corrected chi connectivity index (χ1v) is 6.49. The molecule has 0 aliphatic rings. The number of aromatic nitrogens is 4. The van der Waals surface area contributed by atoms with Crippen molar-refractivity contribution in [3.05, 3.63) is 17.0 Å². The van der Waals surface area contributed by atoms with Gasteiger partial charge in [0.2, 0.25) is 0 Å². The van der Waals surface area contributed by atoms with Gasteiger partial charge in [0.1, 0.15) is 17.3 Å². The van der Waals surface area contributed by atoms with Gasteiger partial charge in [-0.25, -0.2) is 0 Å². The third kappa shape index (κ3) is 2.56. The molecule has 0 amide bonds. The van der Waals surface area contributed by atoms with Gasteiger partial charge in [-0.05, 0) is 26.2 Å². The second-order valence-electron chi connectivity index (χ2n) is 5.02. The summed E-state index contributed by atoms with van der Waals surface area (Å²) >= 11 is 6.11. The highest BCUT2D eigenvalue weighted by atomic mass is 35.5. The Morgan fingerprint density at radius 3 is 2.78 bits per heavy atom. The molecule has 1 atom stereocenters. The molecule has 2 aromatic rings. The van der Waals surface area contributed by atoms with Crippen LogP contribution in [0.15, 0.2) is 6.33 Å². The largest absolute Gasteiger partial charge is 0.367 e. The Bertz CT molecular complexity index is 549. The van der Waals surface area contributed by atoms with Gasteiger partial charge >= 0.3 is 0 Å². The summed E-state index contributed by atoms with van der Waals surface area (Å²) < 4.78 is 1.69. The molecule has 1 N–H and O–H groups in total. The first-order valence-electron chi connectivity index (χ1n) is 6.11. The maximum absolute atomic E-state index is 6.11. The van der Waals surface area contributed by atoms with Gasteiger partial charge in [-0.3, -0.25) is 0 Å². The fraction of sp³-hybridized carbons (Fsp3) is 0.583. The van der Waals surface area contributed by atoms with Gasteiger partial charge in [-0.2, -0.15) is 19.6 Å². The number of hydrogen-bond acceptors (Lipinski definition) is 4. The fourth-order valence-electron chi connectivity index (χ4n) is 2.07. The lowest BCUT2D eigenvalue weighted by atomic mass is 10.1. The maximum Gasteiger partial charge on any atom is 0.255 e. The molecule has 0 fully saturated rings. The van der Waals surface area contributed by atoms with Crippen molar-refractivity contribution in [3.63, 3.8) is 0 Å². The average molecular weight is 268 g/mol. The minimum atomic E-state index is 0.342. The number of nitrogens with zero attached hydrogens (tertiary/aromatic N) is 4. The number of hydrogen-bond donors (Lipinski definition) is 1. The van der Waals surface area contributed by atoms with Gasteiger partial charge in [0.05, 0.1) is 0 Å². The van der Waals surface area contributed by atoms with Crippen molar-refractivity contribution >= 4 is 23.2 Å². The molecule has 0 aliphatic carbocycles. The summed E-state index contributed by atoms with van der Waals surface area (Å²) in [6, 6.07) is 0.342. The molecule has 0 aromatic carbocycles. The Morgan fingerprint density at radius 1 is 1.39 bits per heavy atom. The predicted octanol–water partition coefficient (Wildman–Crippen LogP) is 2.93. The zero-order valence-corrected chi connectivity index (χ0v) is 11.9. The van der Waals surface area contributed by atoms with Crippen LogP contribution in [0.2, 0.25) is 5.15 Å². The van der Waals surface area contributed by atoms with Gasteiger partial charge in [-0.1, -0.05) is 25.4 Å². The van der Waals surface area contributed by atoms with Gasteiger partial charge in [-0.15, -0.1) is 0 Å². The van der Waals surface area contributed by atoms with E-state index in [4.69, 9.17) is 11.6 Å². The van der Waals surface area contributed by atoms with E-state index in [1.54, 1.807) is 4.52 Å². The van der Waals surface area contributed by atoms with Gasteiger partial charge in [0.15, 0.2) is 0 Å². The summed E-state index contributed by atoms with van der Waals surface area (Å²) in [5, 5.41) is 8.09. The van der Waals surface area contributed by atoms with E-state index in [1.165, 1.54) is 6.33 Å². The molecule has 0 saturated carbocycles. The van der Waals surface area contributed by atoms with E-state index in [0.29, 0.717) is 22.9 Å². The van der Waals surface area contributed by atoms with Crippen LogP contribution in [0.3, 0.4) is 0 Å². The standard InChI is InChI=1S/C12H18ClN5/c1-7(2)5-8(3)16-11-9(4)10(13)17-12-14-6-15-18(11)12/h6-8,16H,5H2,1-4H3. The molecule has 98 valence electrons.